The fourth-order valence-electron chi connectivity index (χ4n) is 4.82. The summed E-state index contributed by atoms with van der Waals surface area (Å²) in [4.78, 5) is 30.4. The van der Waals surface area contributed by atoms with Crippen molar-refractivity contribution in [3.05, 3.63) is 59.2 Å². The van der Waals surface area contributed by atoms with Gasteiger partial charge in [0.15, 0.2) is 11.5 Å². The Morgan fingerprint density at radius 2 is 1.78 bits per heavy atom. The first-order valence-electron chi connectivity index (χ1n) is 12.3. The number of nitrogens with zero attached hydrogens (tertiary/aromatic N) is 2. The number of likely N-dealkylation sites (tertiary alicyclic amines) is 1. The van der Waals surface area contributed by atoms with E-state index in [0.29, 0.717) is 74.5 Å². The van der Waals surface area contributed by atoms with Crippen molar-refractivity contribution in [3.8, 4) is 17.2 Å². The SMILES string of the molecule is CCOc1cccc([C@@H]2/C(=C(\O)c3ccc4c(c3)OCCO4)C(=O)C(=O)N2CCN2CCOCC2)c1. The summed E-state index contributed by atoms with van der Waals surface area (Å²) in [5.74, 6) is 0.107. The number of Topliss-reactive ketones (excluding diaryl/α,β-unsaturated/α-hetero) is 1. The van der Waals surface area contributed by atoms with Crippen molar-refractivity contribution in [1.82, 2.24) is 9.80 Å². The molecule has 3 aliphatic heterocycles. The summed E-state index contributed by atoms with van der Waals surface area (Å²) < 4.78 is 22.3. The van der Waals surface area contributed by atoms with Gasteiger partial charge in [0.05, 0.1) is 31.4 Å². The molecule has 1 N–H and O–H groups in total. The molecule has 0 bridgehead atoms. The van der Waals surface area contributed by atoms with Crippen molar-refractivity contribution in [2.24, 2.45) is 0 Å². The van der Waals surface area contributed by atoms with E-state index in [1.165, 1.54) is 0 Å². The molecule has 3 aliphatic rings. The number of carbonyl (C=O) groups is 2. The molecule has 0 aliphatic carbocycles. The highest BCUT2D eigenvalue weighted by molar-refractivity contribution is 6.46. The summed E-state index contributed by atoms with van der Waals surface area (Å²) in [5, 5.41) is 11.4. The molecule has 1 atom stereocenters. The molecule has 1 amide bonds. The number of ether oxygens (including phenoxy) is 4. The zero-order valence-electron chi connectivity index (χ0n) is 20.3. The lowest BCUT2D eigenvalue weighted by molar-refractivity contribution is -0.140. The second-order valence-electron chi connectivity index (χ2n) is 8.81. The fraction of sp³-hybridized carbons (Fsp3) is 0.407. The number of amides is 1. The molecule has 0 radical (unpaired) electrons. The zero-order chi connectivity index (χ0) is 25.1. The third kappa shape index (κ3) is 4.76. The highest BCUT2D eigenvalue weighted by Gasteiger charge is 2.46. The average molecular weight is 495 g/mol. The molecule has 9 heteroatoms. The number of aliphatic hydroxyl groups is 1. The minimum atomic E-state index is -0.750. The molecule has 0 spiro atoms. The first-order chi connectivity index (χ1) is 17.6. The molecular weight excluding hydrogens is 464 g/mol. The third-order valence-corrected chi connectivity index (χ3v) is 6.60. The van der Waals surface area contributed by atoms with Crippen LogP contribution in [0.2, 0.25) is 0 Å². The van der Waals surface area contributed by atoms with Crippen molar-refractivity contribution >= 4 is 17.4 Å². The van der Waals surface area contributed by atoms with Crippen LogP contribution < -0.4 is 14.2 Å². The summed E-state index contributed by atoms with van der Waals surface area (Å²) in [6.45, 7) is 6.98. The molecular formula is C27H30N2O7. The fourth-order valence-corrected chi connectivity index (χ4v) is 4.82. The zero-order valence-corrected chi connectivity index (χ0v) is 20.3. The minimum Gasteiger partial charge on any atom is -0.507 e. The van der Waals surface area contributed by atoms with Gasteiger partial charge in [-0.25, -0.2) is 0 Å². The highest BCUT2D eigenvalue weighted by Crippen LogP contribution is 2.41. The predicted molar refractivity (Wildman–Crippen MR) is 131 cm³/mol. The summed E-state index contributed by atoms with van der Waals surface area (Å²) >= 11 is 0. The van der Waals surface area contributed by atoms with E-state index in [0.717, 1.165) is 13.1 Å². The molecule has 2 saturated heterocycles. The van der Waals surface area contributed by atoms with Crippen LogP contribution in [0.4, 0.5) is 0 Å². The van der Waals surface area contributed by atoms with Crippen LogP contribution in [-0.2, 0) is 14.3 Å². The highest BCUT2D eigenvalue weighted by atomic mass is 16.6. The topological polar surface area (TPSA) is 97.8 Å². The Morgan fingerprint density at radius 3 is 2.56 bits per heavy atom. The summed E-state index contributed by atoms with van der Waals surface area (Å²) in [7, 11) is 0. The van der Waals surface area contributed by atoms with Crippen LogP contribution in [0, 0.1) is 0 Å². The number of rotatable bonds is 7. The number of ketones is 1. The van der Waals surface area contributed by atoms with Gasteiger partial charge in [0.25, 0.3) is 11.7 Å². The Kier molecular flexibility index (Phi) is 7.11. The lowest BCUT2D eigenvalue weighted by Gasteiger charge is -2.31. The van der Waals surface area contributed by atoms with Crippen LogP contribution in [-0.4, -0.2) is 85.8 Å². The van der Waals surface area contributed by atoms with Gasteiger partial charge >= 0.3 is 0 Å². The molecule has 0 saturated carbocycles. The number of fused-ring (bicyclic) bond motifs is 1. The molecule has 2 aromatic rings. The van der Waals surface area contributed by atoms with E-state index in [1.54, 1.807) is 23.1 Å². The molecule has 2 aromatic carbocycles. The van der Waals surface area contributed by atoms with Gasteiger partial charge in [-0.15, -0.1) is 0 Å². The van der Waals surface area contributed by atoms with Crippen LogP contribution in [0.1, 0.15) is 24.1 Å². The number of carbonyl (C=O) groups excluding carboxylic acids is 2. The van der Waals surface area contributed by atoms with E-state index in [-0.39, 0.29) is 11.3 Å². The second kappa shape index (κ2) is 10.6. The summed E-state index contributed by atoms with van der Waals surface area (Å²) in [6.07, 6.45) is 0. The number of hydrogen-bond acceptors (Lipinski definition) is 8. The van der Waals surface area contributed by atoms with Gasteiger partial charge in [0.2, 0.25) is 0 Å². The summed E-state index contributed by atoms with van der Waals surface area (Å²) in [6, 6.07) is 11.6. The van der Waals surface area contributed by atoms with E-state index in [9.17, 15) is 14.7 Å². The monoisotopic (exact) mass is 494 g/mol. The van der Waals surface area contributed by atoms with E-state index in [4.69, 9.17) is 18.9 Å². The molecule has 3 heterocycles. The minimum absolute atomic E-state index is 0.0484. The quantitative estimate of drug-likeness (QED) is 0.357. The molecule has 0 unspecified atom stereocenters. The van der Waals surface area contributed by atoms with E-state index >= 15 is 0 Å². The lowest BCUT2D eigenvalue weighted by Crippen LogP contribution is -2.42. The predicted octanol–water partition coefficient (Wildman–Crippen LogP) is 2.61. The largest absolute Gasteiger partial charge is 0.507 e. The average Bonchev–Trinajstić information content (AvgIpc) is 3.17. The van der Waals surface area contributed by atoms with Crippen LogP contribution in [0.15, 0.2) is 48.0 Å². The Bertz CT molecular complexity index is 1170. The number of benzene rings is 2. The van der Waals surface area contributed by atoms with Gasteiger partial charge in [0, 0.05) is 31.7 Å². The first-order valence-corrected chi connectivity index (χ1v) is 12.3. The van der Waals surface area contributed by atoms with Gasteiger partial charge in [-0.3, -0.25) is 14.5 Å². The number of hydrogen-bond donors (Lipinski definition) is 1. The van der Waals surface area contributed by atoms with Crippen molar-refractivity contribution in [2.45, 2.75) is 13.0 Å². The van der Waals surface area contributed by atoms with Gasteiger partial charge < -0.3 is 29.0 Å². The van der Waals surface area contributed by atoms with Crippen molar-refractivity contribution in [3.63, 3.8) is 0 Å². The van der Waals surface area contributed by atoms with Crippen molar-refractivity contribution in [1.29, 1.82) is 0 Å². The Hall–Kier alpha value is -3.56. The van der Waals surface area contributed by atoms with Crippen LogP contribution in [0.5, 0.6) is 17.2 Å². The summed E-state index contributed by atoms with van der Waals surface area (Å²) in [5.41, 5.74) is 1.13. The van der Waals surface area contributed by atoms with Gasteiger partial charge in [-0.05, 0) is 42.8 Å². The van der Waals surface area contributed by atoms with E-state index in [2.05, 4.69) is 4.90 Å². The van der Waals surface area contributed by atoms with Crippen molar-refractivity contribution in [2.75, 3.05) is 59.2 Å². The van der Waals surface area contributed by atoms with Gasteiger partial charge in [-0.2, -0.15) is 0 Å². The molecule has 36 heavy (non-hydrogen) atoms. The smallest absolute Gasteiger partial charge is 0.295 e. The maximum absolute atomic E-state index is 13.3. The number of aliphatic hydroxyl groups excluding tert-OH is 1. The Labute approximate surface area is 209 Å². The Morgan fingerprint density at radius 1 is 1.00 bits per heavy atom. The lowest BCUT2D eigenvalue weighted by atomic mass is 9.95. The van der Waals surface area contributed by atoms with Crippen LogP contribution in [0.3, 0.4) is 0 Å². The van der Waals surface area contributed by atoms with Crippen LogP contribution in [0.25, 0.3) is 5.76 Å². The van der Waals surface area contributed by atoms with Crippen LogP contribution >= 0.6 is 0 Å². The third-order valence-electron chi connectivity index (χ3n) is 6.60. The van der Waals surface area contributed by atoms with E-state index < -0.39 is 17.7 Å². The first kappa shape index (κ1) is 24.1. The molecule has 190 valence electrons. The Balaban J connectivity index is 1.54. The second-order valence-corrected chi connectivity index (χ2v) is 8.81. The number of morpholine rings is 1. The molecule has 0 aromatic heterocycles. The molecule has 9 nitrogen and oxygen atoms in total. The molecule has 2 fully saturated rings. The van der Waals surface area contributed by atoms with Gasteiger partial charge in [-0.1, -0.05) is 12.1 Å². The maximum atomic E-state index is 13.3. The normalized spacial score (nSPS) is 21.6. The molecule has 5 rings (SSSR count). The maximum Gasteiger partial charge on any atom is 0.295 e. The van der Waals surface area contributed by atoms with Crippen molar-refractivity contribution < 1.29 is 33.6 Å². The van der Waals surface area contributed by atoms with E-state index in [1.807, 2.05) is 31.2 Å². The van der Waals surface area contributed by atoms with Gasteiger partial charge in [0.1, 0.15) is 24.7 Å². The standard InChI is InChI=1S/C27H30N2O7/c1-2-34-20-5-3-4-18(16-20)24-23(25(30)19-6-7-21-22(17-19)36-15-14-35-21)26(31)27(32)29(24)9-8-28-10-12-33-13-11-28/h3-7,16-17,24,30H,2,8-15H2,1H3/b25-23+/t24-/m1/s1.